The highest BCUT2D eigenvalue weighted by molar-refractivity contribution is 6.17. The van der Waals surface area contributed by atoms with Crippen molar-refractivity contribution in [3.8, 4) is 84.2 Å². The van der Waals surface area contributed by atoms with Crippen molar-refractivity contribution < 1.29 is 0 Å². The van der Waals surface area contributed by atoms with Gasteiger partial charge in [-0.25, -0.2) is 14.6 Å². The van der Waals surface area contributed by atoms with E-state index < -0.39 is 0 Å². The summed E-state index contributed by atoms with van der Waals surface area (Å²) in [5.41, 5.74) is 15.7. The van der Waals surface area contributed by atoms with Crippen LogP contribution in [0, 0.1) is 0 Å². The van der Waals surface area contributed by atoms with Gasteiger partial charge in [-0.1, -0.05) is 194 Å². The largest absolute Gasteiger partial charge is 0.232 e. The van der Waals surface area contributed by atoms with E-state index in [2.05, 4.69) is 223 Å². The topological polar surface area (TPSA) is 43.6 Å². The molecule has 11 rings (SSSR count). The highest BCUT2D eigenvalue weighted by Gasteiger charge is 2.21. The summed E-state index contributed by atoms with van der Waals surface area (Å²) in [5.74, 6) is 0.690. The van der Waals surface area contributed by atoms with Gasteiger partial charge in [0.1, 0.15) is 5.69 Å². The van der Waals surface area contributed by atoms with Crippen molar-refractivity contribution in [1.29, 1.82) is 0 Å². The van der Waals surface area contributed by atoms with Crippen molar-refractivity contribution in [2.45, 2.75) is 0 Å². The van der Waals surface area contributed by atoms with E-state index in [0.717, 1.165) is 89.3 Å². The van der Waals surface area contributed by atoms with Gasteiger partial charge in [0.2, 0.25) is 0 Å². The van der Waals surface area contributed by atoms with Crippen LogP contribution in [0.1, 0.15) is 0 Å². The number of benzene rings is 9. The van der Waals surface area contributed by atoms with E-state index >= 15 is 0 Å². The summed E-state index contributed by atoms with van der Waals surface area (Å²) in [6.45, 7) is 0. The zero-order chi connectivity index (χ0) is 40.5. The number of rotatable bonds is 8. The fraction of sp³-hybridized carbons (Fsp3) is 0. The molecule has 0 fully saturated rings. The lowest BCUT2D eigenvalue weighted by Gasteiger charge is -2.12. The van der Waals surface area contributed by atoms with E-state index in [1.807, 2.05) is 12.1 Å². The number of hydrogen-bond donors (Lipinski definition) is 0. The molecule has 2 aromatic heterocycles. The molecule has 0 aliphatic rings. The summed E-state index contributed by atoms with van der Waals surface area (Å²) in [6.07, 6.45) is 0. The van der Waals surface area contributed by atoms with Crippen LogP contribution in [0.3, 0.4) is 0 Å². The molecule has 0 saturated carbocycles. The monoisotopic (exact) mass is 778 g/mol. The van der Waals surface area contributed by atoms with Gasteiger partial charge in [0, 0.05) is 33.0 Å². The van der Waals surface area contributed by atoms with Gasteiger partial charge in [-0.15, -0.1) is 0 Å². The molecule has 0 aliphatic heterocycles. The van der Waals surface area contributed by atoms with E-state index in [0.29, 0.717) is 5.82 Å². The summed E-state index contributed by atoms with van der Waals surface area (Å²) >= 11 is 0. The molecule has 11 aromatic rings. The Balaban J connectivity index is 1.02. The van der Waals surface area contributed by atoms with Gasteiger partial charge < -0.3 is 0 Å². The second kappa shape index (κ2) is 15.5. The second-order valence-corrected chi connectivity index (χ2v) is 15.3. The lowest BCUT2D eigenvalue weighted by Crippen LogP contribution is -1.96. The first-order chi connectivity index (χ1) is 30.2. The molecular weight excluding hydrogens is 741 g/mol. The molecule has 0 radical (unpaired) electrons. The Morgan fingerprint density at radius 3 is 1.48 bits per heavy atom. The number of hydrogen-bond acceptors (Lipinski definition) is 3. The van der Waals surface area contributed by atoms with Gasteiger partial charge in [-0.3, -0.25) is 0 Å². The van der Waals surface area contributed by atoms with Gasteiger partial charge >= 0.3 is 0 Å². The Kier molecular flexibility index (Phi) is 9.14. The van der Waals surface area contributed by atoms with Crippen molar-refractivity contribution in [3.63, 3.8) is 0 Å². The Bertz CT molecular complexity index is 3320. The maximum Gasteiger partial charge on any atom is 0.160 e. The van der Waals surface area contributed by atoms with Gasteiger partial charge in [0.25, 0.3) is 0 Å². The van der Waals surface area contributed by atoms with Crippen LogP contribution in [0.5, 0.6) is 0 Å². The molecule has 61 heavy (non-hydrogen) atoms. The Labute approximate surface area is 354 Å². The predicted octanol–water partition coefficient (Wildman–Crippen LogP) is 14.6. The Morgan fingerprint density at radius 2 is 0.803 bits per heavy atom. The third-order valence-electron chi connectivity index (χ3n) is 11.4. The smallest absolute Gasteiger partial charge is 0.160 e. The molecule has 0 unspecified atom stereocenters. The van der Waals surface area contributed by atoms with Crippen LogP contribution in [-0.4, -0.2) is 19.7 Å². The highest BCUT2D eigenvalue weighted by Crippen LogP contribution is 2.42. The molecule has 4 heteroatoms. The molecule has 9 aromatic carbocycles. The van der Waals surface area contributed by atoms with Crippen LogP contribution >= 0.6 is 0 Å². The second-order valence-electron chi connectivity index (χ2n) is 15.3. The van der Waals surface area contributed by atoms with Crippen molar-refractivity contribution >= 4 is 21.7 Å². The molecule has 4 nitrogen and oxygen atoms in total. The van der Waals surface area contributed by atoms with Crippen LogP contribution in [0.25, 0.3) is 106 Å². The molecular formula is C57H38N4. The van der Waals surface area contributed by atoms with Crippen molar-refractivity contribution in [1.82, 2.24) is 19.7 Å². The minimum atomic E-state index is 0.690. The summed E-state index contributed by atoms with van der Waals surface area (Å²) in [4.78, 5) is 10.3. The molecule has 286 valence electrons. The van der Waals surface area contributed by atoms with E-state index in [9.17, 15) is 0 Å². The van der Waals surface area contributed by atoms with Crippen molar-refractivity contribution in [2.24, 2.45) is 0 Å². The first-order valence-electron chi connectivity index (χ1n) is 20.6. The standard InChI is InChI=1S/C57H38N4/c1-5-17-39(18-6-1)45-25-16-27-48(36-45)57-58-52(42-21-9-3-10-22-42)38-53(59-57)43-33-31-40(32-34-43)44-24-15-26-47(35-44)55-54-51(41-19-7-2-8-20-41)37-46-23-13-14-30-50(46)56(54)61(60-55)49-28-11-4-12-29-49/h1-38H. The van der Waals surface area contributed by atoms with Gasteiger partial charge in [0.05, 0.1) is 22.6 Å². The minimum Gasteiger partial charge on any atom is -0.232 e. The quantitative estimate of drug-likeness (QED) is 0.154. The number of aromatic nitrogens is 4. The third kappa shape index (κ3) is 6.86. The third-order valence-corrected chi connectivity index (χ3v) is 11.4. The normalized spacial score (nSPS) is 11.3. The average Bonchev–Trinajstić information content (AvgIpc) is 3.76. The van der Waals surface area contributed by atoms with Gasteiger partial charge in [-0.2, -0.15) is 5.10 Å². The fourth-order valence-corrected chi connectivity index (χ4v) is 8.42. The van der Waals surface area contributed by atoms with Crippen LogP contribution in [-0.2, 0) is 0 Å². The van der Waals surface area contributed by atoms with Crippen LogP contribution in [0.15, 0.2) is 231 Å². The molecule has 2 heterocycles. The number of nitrogens with zero attached hydrogens (tertiary/aromatic N) is 4. The maximum absolute atomic E-state index is 5.45. The number of para-hydroxylation sites is 1. The molecule has 0 aliphatic carbocycles. The van der Waals surface area contributed by atoms with Gasteiger partial charge in [0.15, 0.2) is 5.82 Å². The lowest BCUT2D eigenvalue weighted by atomic mass is 9.93. The van der Waals surface area contributed by atoms with E-state index in [1.165, 1.54) is 10.8 Å². The molecule has 0 saturated heterocycles. The predicted molar refractivity (Wildman–Crippen MR) is 252 cm³/mol. The first kappa shape index (κ1) is 35.9. The zero-order valence-corrected chi connectivity index (χ0v) is 33.2. The number of fused-ring (bicyclic) bond motifs is 3. The summed E-state index contributed by atoms with van der Waals surface area (Å²) < 4.78 is 2.12. The van der Waals surface area contributed by atoms with Crippen molar-refractivity contribution in [3.05, 3.63) is 231 Å². The molecule has 0 N–H and O–H groups in total. The van der Waals surface area contributed by atoms with Crippen LogP contribution in [0.2, 0.25) is 0 Å². The SMILES string of the molecule is c1ccc(-c2cccc(-c3nc(-c4ccccc4)cc(-c4ccc(-c5cccc(-c6nn(-c7ccccc7)c7c6c(-c6ccccc6)cc6ccccc67)c5)cc4)n3)c2)cc1. The summed E-state index contributed by atoms with van der Waals surface area (Å²) in [5, 5.41) is 8.92. The average molecular weight is 779 g/mol. The Morgan fingerprint density at radius 1 is 0.328 bits per heavy atom. The Hall–Kier alpha value is -8.21. The van der Waals surface area contributed by atoms with Crippen LogP contribution in [0.4, 0.5) is 0 Å². The first-order valence-corrected chi connectivity index (χ1v) is 20.6. The molecule has 0 amide bonds. The van der Waals surface area contributed by atoms with E-state index in [4.69, 9.17) is 15.1 Å². The highest BCUT2D eigenvalue weighted by atomic mass is 15.3. The summed E-state index contributed by atoms with van der Waals surface area (Å²) in [7, 11) is 0. The summed E-state index contributed by atoms with van der Waals surface area (Å²) in [6, 6.07) is 80.9. The van der Waals surface area contributed by atoms with Gasteiger partial charge in [-0.05, 0) is 75.2 Å². The molecule has 0 spiro atoms. The van der Waals surface area contributed by atoms with Crippen molar-refractivity contribution in [2.75, 3.05) is 0 Å². The molecule has 0 atom stereocenters. The lowest BCUT2D eigenvalue weighted by molar-refractivity contribution is 0.918. The molecule has 0 bridgehead atoms. The zero-order valence-electron chi connectivity index (χ0n) is 33.2. The fourth-order valence-electron chi connectivity index (χ4n) is 8.42. The van der Waals surface area contributed by atoms with E-state index in [1.54, 1.807) is 0 Å². The van der Waals surface area contributed by atoms with E-state index in [-0.39, 0.29) is 0 Å². The maximum atomic E-state index is 5.45. The minimum absolute atomic E-state index is 0.690. The van der Waals surface area contributed by atoms with Crippen LogP contribution < -0.4 is 0 Å².